The van der Waals surface area contributed by atoms with Crippen molar-refractivity contribution in [2.75, 3.05) is 39.4 Å². The number of aromatic nitrogens is 1. The molecule has 0 bridgehead atoms. The van der Waals surface area contributed by atoms with Crippen molar-refractivity contribution < 1.29 is 9.53 Å². The highest BCUT2D eigenvalue weighted by molar-refractivity contribution is 5.95. The van der Waals surface area contributed by atoms with Gasteiger partial charge in [-0.25, -0.2) is 0 Å². The zero-order chi connectivity index (χ0) is 17.1. The van der Waals surface area contributed by atoms with E-state index in [-0.39, 0.29) is 5.91 Å². The molecule has 0 spiro atoms. The number of rotatable bonds is 3. The van der Waals surface area contributed by atoms with Gasteiger partial charge in [0, 0.05) is 56.8 Å². The Morgan fingerprint density at radius 3 is 2.56 bits per heavy atom. The summed E-state index contributed by atoms with van der Waals surface area (Å²) in [5.41, 5.74) is 2.72. The van der Waals surface area contributed by atoms with E-state index in [1.165, 1.54) is 0 Å². The lowest BCUT2D eigenvalue weighted by Gasteiger charge is -2.37. The van der Waals surface area contributed by atoms with Crippen molar-refractivity contribution in [1.29, 1.82) is 0 Å². The number of hydrogen-bond acceptors (Lipinski definition) is 4. The smallest absolute Gasteiger partial charge is 0.255 e. The quantitative estimate of drug-likeness (QED) is 0.862. The molecule has 1 unspecified atom stereocenters. The van der Waals surface area contributed by atoms with Crippen LogP contribution in [-0.4, -0.2) is 66.1 Å². The van der Waals surface area contributed by atoms with E-state index in [9.17, 15) is 4.79 Å². The van der Waals surface area contributed by atoms with E-state index in [2.05, 4.69) is 9.88 Å². The monoisotopic (exact) mass is 337 g/mol. The predicted molar refractivity (Wildman–Crippen MR) is 96.4 cm³/mol. The summed E-state index contributed by atoms with van der Waals surface area (Å²) in [5.74, 6) is 0.0765. The number of pyridine rings is 1. The van der Waals surface area contributed by atoms with E-state index in [1.54, 1.807) is 6.20 Å². The molecular formula is C20H23N3O2. The van der Waals surface area contributed by atoms with E-state index in [0.29, 0.717) is 11.6 Å². The average Bonchev–Trinajstić information content (AvgIpc) is 3.23. The molecule has 2 aromatic rings. The van der Waals surface area contributed by atoms with Gasteiger partial charge in [-0.2, -0.15) is 0 Å². The molecule has 0 saturated carbocycles. The first kappa shape index (κ1) is 16.2. The highest BCUT2D eigenvalue weighted by Crippen LogP contribution is 2.20. The van der Waals surface area contributed by atoms with Crippen molar-refractivity contribution in [3.05, 3.63) is 54.4 Å². The standard InChI is InChI=1S/C20H23N3O2/c24-20(23-9-7-22(8-10-23)19-6-11-25-15-19)18-12-17(13-21-14-18)16-4-2-1-3-5-16/h1-5,12-14,19H,6-11,15H2. The topological polar surface area (TPSA) is 45.7 Å². The van der Waals surface area contributed by atoms with E-state index >= 15 is 0 Å². The summed E-state index contributed by atoms with van der Waals surface area (Å²) >= 11 is 0. The normalized spacial score (nSPS) is 21.4. The number of hydrogen-bond donors (Lipinski definition) is 0. The third-order valence-corrected chi connectivity index (χ3v) is 5.12. The van der Waals surface area contributed by atoms with Crippen LogP contribution < -0.4 is 0 Å². The first-order valence-electron chi connectivity index (χ1n) is 8.93. The summed E-state index contributed by atoms with van der Waals surface area (Å²) in [4.78, 5) is 21.5. The van der Waals surface area contributed by atoms with Gasteiger partial charge in [-0.3, -0.25) is 14.7 Å². The molecule has 1 aromatic heterocycles. The van der Waals surface area contributed by atoms with Crippen molar-refractivity contribution in [1.82, 2.24) is 14.8 Å². The van der Waals surface area contributed by atoms with Gasteiger partial charge < -0.3 is 9.64 Å². The number of piperazine rings is 1. The van der Waals surface area contributed by atoms with Crippen molar-refractivity contribution in [2.24, 2.45) is 0 Å². The highest BCUT2D eigenvalue weighted by atomic mass is 16.5. The third kappa shape index (κ3) is 3.57. The van der Waals surface area contributed by atoms with Crippen molar-refractivity contribution in [3.63, 3.8) is 0 Å². The van der Waals surface area contributed by atoms with Crippen LogP contribution in [0.4, 0.5) is 0 Å². The second-order valence-electron chi connectivity index (χ2n) is 6.67. The van der Waals surface area contributed by atoms with Crippen molar-refractivity contribution in [3.8, 4) is 11.1 Å². The molecule has 5 heteroatoms. The molecule has 5 nitrogen and oxygen atoms in total. The summed E-state index contributed by atoms with van der Waals surface area (Å²) in [6.45, 7) is 5.08. The first-order chi connectivity index (χ1) is 12.3. The number of amides is 1. The molecule has 4 rings (SSSR count). The minimum Gasteiger partial charge on any atom is -0.380 e. The SMILES string of the molecule is O=C(c1cncc(-c2ccccc2)c1)N1CCN(C2CCOC2)CC1. The molecule has 25 heavy (non-hydrogen) atoms. The third-order valence-electron chi connectivity index (χ3n) is 5.12. The van der Waals surface area contributed by atoms with Gasteiger partial charge in [-0.05, 0) is 18.1 Å². The van der Waals surface area contributed by atoms with Gasteiger partial charge in [-0.15, -0.1) is 0 Å². The maximum absolute atomic E-state index is 12.9. The van der Waals surface area contributed by atoms with Gasteiger partial charge in [0.1, 0.15) is 0 Å². The van der Waals surface area contributed by atoms with Crippen LogP contribution in [0, 0.1) is 0 Å². The summed E-state index contributed by atoms with van der Waals surface area (Å²) in [6.07, 6.45) is 4.59. The lowest BCUT2D eigenvalue weighted by Crippen LogP contribution is -2.52. The van der Waals surface area contributed by atoms with Crippen LogP contribution in [-0.2, 0) is 4.74 Å². The van der Waals surface area contributed by atoms with Gasteiger partial charge in [-0.1, -0.05) is 30.3 Å². The van der Waals surface area contributed by atoms with Crippen LogP contribution >= 0.6 is 0 Å². The van der Waals surface area contributed by atoms with Gasteiger partial charge in [0.05, 0.1) is 12.2 Å². The second kappa shape index (κ2) is 7.33. The molecule has 2 fully saturated rings. The fourth-order valence-electron chi connectivity index (χ4n) is 3.63. The molecule has 2 aliphatic heterocycles. The van der Waals surface area contributed by atoms with Crippen LogP contribution in [0.2, 0.25) is 0 Å². The summed E-state index contributed by atoms with van der Waals surface area (Å²) < 4.78 is 5.48. The molecule has 1 atom stereocenters. The lowest BCUT2D eigenvalue weighted by molar-refractivity contribution is 0.0549. The van der Waals surface area contributed by atoms with E-state index in [1.807, 2.05) is 47.5 Å². The van der Waals surface area contributed by atoms with Gasteiger partial charge >= 0.3 is 0 Å². The minimum atomic E-state index is 0.0765. The Morgan fingerprint density at radius 2 is 1.84 bits per heavy atom. The van der Waals surface area contributed by atoms with Crippen LogP contribution in [0.3, 0.4) is 0 Å². The number of carbonyl (C=O) groups excluding carboxylic acids is 1. The first-order valence-corrected chi connectivity index (χ1v) is 8.93. The molecule has 1 amide bonds. The van der Waals surface area contributed by atoms with Crippen LogP contribution in [0.1, 0.15) is 16.8 Å². The molecule has 2 aliphatic rings. The number of benzene rings is 1. The Kier molecular flexibility index (Phi) is 4.76. The molecular weight excluding hydrogens is 314 g/mol. The Morgan fingerprint density at radius 1 is 1.04 bits per heavy atom. The largest absolute Gasteiger partial charge is 0.380 e. The van der Waals surface area contributed by atoms with Crippen LogP contribution in [0.15, 0.2) is 48.8 Å². The van der Waals surface area contributed by atoms with E-state index in [4.69, 9.17) is 4.74 Å². The molecule has 0 radical (unpaired) electrons. The lowest BCUT2D eigenvalue weighted by atomic mass is 10.1. The number of nitrogens with zero attached hydrogens (tertiary/aromatic N) is 3. The molecule has 130 valence electrons. The van der Waals surface area contributed by atoms with E-state index < -0.39 is 0 Å². The Hall–Kier alpha value is -2.24. The highest BCUT2D eigenvalue weighted by Gasteiger charge is 2.28. The predicted octanol–water partition coefficient (Wildman–Crippen LogP) is 2.30. The Labute approximate surface area is 148 Å². The maximum atomic E-state index is 12.9. The van der Waals surface area contributed by atoms with Crippen molar-refractivity contribution in [2.45, 2.75) is 12.5 Å². The number of carbonyl (C=O) groups is 1. The molecule has 2 saturated heterocycles. The summed E-state index contributed by atoms with van der Waals surface area (Å²) in [5, 5.41) is 0. The Bertz CT molecular complexity index is 721. The zero-order valence-electron chi connectivity index (χ0n) is 14.3. The zero-order valence-corrected chi connectivity index (χ0v) is 14.3. The molecule has 0 N–H and O–H groups in total. The molecule has 0 aliphatic carbocycles. The van der Waals surface area contributed by atoms with Gasteiger partial charge in [0.15, 0.2) is 0 Å². The molecule has 3 heterocycles. The minimum absolute atomic E-state index is 0.0765. The average molecular weight is 337 g/mol. The molecule has 1 aromatic carbocycles. The Balaban J connectivity index is 1.43. The van der Waals surface area contributed by atoms with Crippen LogP contribution in [0.5, 0.6) is 0 Å². The van der Waals surface area contributed by atoms with Crippen molar-refractivity contribution >= 4 is 5.91 Å². The summed E-state index contributed by atoms with van der Waals surface area (Å²) in [7, 11) is 0. The van der Waals surface area contributed by atoms with Gasteiger partial charge in [0.2, 0.25) is 0 Å². The maximum Gasteiger partial charge on any atom is 0.255 e. The van der Waals surface area contributed by atoms with E-state index in [0.717, 1.165) is 56.9 Å². The summed E-state index contributed by atoms with van der Waals surface area (Å²) in [6, 6.07) is 12.5. The van der Waals surface area contributed by atoms with Crippen LogP contribution in [0.25, 0.3) is 11.1 Å². The number of ether oxygens (including phenoxy) is 1. The fraction of sp³-hybridized carbons (Fsp3) is 0.400. The fourth-order valence-corrected chi connectivity index (χ4v) is 3.63. The second-order valence-corrected chi connectivity index (χ2v) is 6.67. The van der Waals surface area contributed by atoms with Gasteiger partial charge in [0.25, 0.3) is 5.91 Å².